The fourth-order valence-electron chi connectivity index (χ4n) is 2.14. The number of ether oxygens (including phenoxy) is 1. The quantitative estimate of drug-likeness (QED) is 0.883. The van der Waals surface area contributed by atoms with Crippen LogP contribution in [0.2, 0.25) is 0 Å². The zero-order valence-electron chi connectivity index (χ0n) is 11.5. The van der Waals surface area contributed by atoms with E-state index < -0.39 is 0 Å². The molecule has 1 aliphatic heterocycles. The molecule has 106 valence electrons. The minimum absolute atomic E-state index is 0.0497. The van der Waals surface area contributed by atoms with Gasteiger partial charge in [-0.25, -0.2) is 4.98 Å². The van der Waals surface area contributed by atoms with E-state index in [-0.39, 0.29) is 18.1 Å². The Labute approximate surface area is 116 Å². The second-order valence-corrected chi connectivity index (χ2v) is 5.31. The highest BCUT2D eigenvalue weighted by molar-refractivity contribution is 5.93. The Morgan fingerprint density at radius 3 is 3.05 bits per heavy atom. The topological polar surface area (TPSA) is 76.4 Å². The molecule has 0 bridgehead atoms. The number of carbonyl (C=O) groups is 1. The van der Waals surface area contributed by atoms with Gasteiger partial charge in [0, 0.05) is 25.7 Å². The van der Waals surface area contributed by atoms with E-state index in [4.69, 9.17) is 9.15 Å². The zero-order valence-corrected chi connectivity index (χ0v) is 11.5. The van der Waals surface area contributed by atoms with E-state index in [9.17, 15) is 4.79 Å². The maximum atomic E-state index is 11.8. The first kappa shape index (κ1) is 13.1. The van der Waals surface area contributed by atoms with Gasteiger partial charge in [-0.2, -0.15) is 0 Å². The smallest absolute Gasteiger partial charge is 0.250 e. The Bertz CT molecular complexity index is 646. The number of benzene rings is 1. The Kier molecular flexibility index (Phi) is 3.19. The number of nitrogens with one attached hydrogen (secondary N) is 2. The van der Waals surface area contributed by atoms with Crippen molar-refractivity contribution < 1.29 is 13.9 Å². The van der Waals surface area contributed by atoms with Crippen LogP contribution in [0.25, 0.3) is 11.1 Å². The molecule has 1 fully saturated rings. The molecule has 1 amide bonds. The third-order valence-electron chi connectivity index (χ3n) is 3.33. The SMILES string of the molecule is Cc1nc2cc(NC(=O)COC3(C)CNC3)ccc2o1. The second kappa shape index (κ2) is 4.88. The molecule has 3 rings (SSSR count). The lowest BCUT2D eigenvalue weighted by atomic mass is 10.0. The van der Waals surface area contributed by atoms with Crippen molar-refractivity contribution in [2.45, 2.75) is 19.4 Å². The highest BCUT2D eigenvalue weighted by Crippen LogP contribution is 2.20. The molecule has 2 heterocycles. The number of hydrogen-bond acceptors (Lipinski definition) is 5. The molecule has 0 atom stereocenters. The number of hydrogen-bond donors (Lipinski definition) is 2. The first-order chi connectivity index (χ1) is 9.54. The summed E-state index contributed by atoms with van der Waals surface area (Å²) in [6.07, 6.45) is 0. The summed E-state index contributed by atoms with van der Waals surface area (Å²) in [4.78, 5) is 16.1. The summed E-state index contributed by atoms with van der Waals surface area (Å²) < 4.78 is 11.0. The summed E-state index contributed by atoms with van der Waals surface area (Å²) in [6, 6.07) is 5.37. The minimum atomic E-state index is -0.218. The summed E-state index contributed by atoms with van der Waals surface area (Å²) in [5.74, 6) is 0.440. The lowest BCUT2D eigenvalue weighted by molar-refractivity contribution is -0.130. The third-order valence-corrected chi connectivity index (χ3v) is 3.33. The number of aryl methyl sites for hydroxylation is 1. The number of fused-ring (bicyclic) bond motifs is 1. The molecule has 1 aliphatic rings. The number of oxazole rings is 1. The average molecular weight is 275 g/mol. The molecule has 1 saturated heterocycles. The van der Waals surface area contributed by atoms with E-state index >= 15 is 0 Å². The largest absolute Gasteiger partial charge is 0.441 e. The molecule has 2 N–H and O–H groups in total. The second-order valence-electron chi connectivity index (χ2n) is 5.31. The first-order valence-electron chi connectivity index (χ1n) is 6.56. The van der Waals surface area contributed by atoms with E-state index in [1.165, 1.54) is 0 Å². The molecular weight excluding hydrogens is 258 g/mol. The highest BCUT2D eigenvalue weighted by Gasteiger charge is 2.32. The highest BCUT2D eigenvalue weighted by atomic mass is 16.5. The Morgan fingerprint density at radius 2 is 2.35 bits per heavy atom. The van der Waals surface area contributed by atoms with Crippen LogP contribution in [-0.2, 0) is 9.53 Å². The Morgan fingerprint density at radius 1 is 1.55 bits per heavy atom. The average Bonchev–Trinajstić information content (AvgIpc) is 2.73. The molecule has 20 heavy (non-hydrogen) atoms. The van der Waals surface area contributed by atoms with Gasteiger partial charge in [0.25, 0.3) is 0 Å². The van der Waals surface area contributed by atoms with Gasteiger partial charge in [0.15, 0.2) is 11.5 Å². The summed E-state index contributed by atoms with van der Waals surface area (Å²) in [7, 11) is 0. The van der Waals surface area contributed by atoms with Crippen molar-refractivity contribution in [2.24, 2.45) is 0 Å². The van der Waals surface area contributed by atoms with Gasteiger partial charge in [-0.1, -0.05) is 0 Å². The van der Waals surface area contributed by atoms with Crippen LogP contribution < -0.4 is 10.6 Å². The van der Waals surface area contributed by atoms with Crippen molar-refractivity contribution in [1.82, 2.24) is 10.3 Å². The normalized spacial score (nSPS) is 16.9. The van der Waals surface area contributed by atoms with Crippen molar-refractivity contribution in [2.75, 3.05) is 25.0 Å². The van der Waals surface area contributed by atoms with Crippen molar-refractivity contribution in [3.63, 3.8) is 0 Å². The molecule has 1 aromatic carbocycles. The molecule has 6 heteroatoms. The fraction of sp³-hybridized carbons (Fsp3) is 0.429. The van der Waals surface area contributed by atoms with E-state index in [2.05, 4.69) is 15.6 Å². The molecule has 1 aromatic heterocycles. The molecular formula is C14H17N3O3. The van der Waals surface area contributed by atoms with Crippen LogP contribution in [0.15, 0.2) is 22.6 Å². The monoisotopic (exact) mass is 275 g/mol. The van der Waals surface area contributed by atoms with Crippen LogP contribution in [0, 0.1) is 6.92 Å². The summed E-state index contributed by atoms with van der Waals surface area (Å²) in [6.45, 7) is 5.39. The zero-order chi connectivity index (χ0) is 14.2. The van der Waals surface area contributed by atoms with Crippen molar-refractivity contribution >= 4 is 22.7 Å². The van der Waals surface area contributed by atoms with E-state index in [1.807, 2.05) is 6.92 Å². The molecule has 0 radical (unpaired) electrons. The van der Waals surface area contributed by atoms with Crippen LogP contribution in [0.1, 0.15) is 12.8 Å². The van der Waals surface area contributed by atoms with Crippen LogP contribution in [-0.4, -0.2) is 36.2 Å². The summed E-state index contributed by atoms with van der Waals surface area (Å²) in [5, 5.41) is 5.92. The number of rotatable bonds is 4. The maximum Gasteiger partial charge on any atom is 0.250 e. The van der Waals surface area contributed by atoms with Crippen LogP contribution in [0.5, 0.6) is 0 Å². The predicted octanol–water partition coefficient (Wildman–Crippen LogP) is 1.45. The summed E-state index contributed by atoms with van der Waals surface area (Å²) in [5.41, 5.74) is 1.92. The van der Waals surface area contributed by atoms with Crippen molar-refractivity contribution in [1.29, 1.82) is 0 Å². The number of aromatic nitrogens is 1. The maximum absolute atomic E-state index is 11.8. The third kappa shape index (κ3) is 2.66. The summed E-state index contributed by atoms with van der Waals surface area (Å²) >= 11 is 0. The van der Waals surface area contributed by atoms with Gasteiger partial charge in [0.05, 0.1) is 5.60 Å². The molecule has 6 nitrogen and oxygen atoms in total. The molecule has 0 aliphatic carbocycles. The lowest BCUT2D eigenvalue weighted by Crippen LogP contribution is -2.59. The number of carbonyl (C=O) groups excluding carboxylic acids is 1. The number of nitrogens with zero attached hydrogens (tertiary/aromatic N) is 1. The van der Waals surface area contributed by atoms with Gasteiger partial charge in [0.1, 0.15) is 12.1 Å². The first-order valence-corrected chi connectivity index (χ1v) is 6.56. The van der Waals surface area contributed by atoms with Crippen molar-refractivity contribution in [3.05, 3.63) is 24.1 Å². The Hall–Kier alpha value is -1.92. The Balaban J connectivity index is 1.61. The van der Waals surface area contributed by atoms with Gasteiger partial charge >= 0.3 is 0 Å². The van der Waals surface area contributed by atoms with E-state index in [1.54, 1.807) is 25.1 Å². The molecule has 2 aromatic rings. The molecule has 0 saturated carbocycles. The fourth-order valence-corrected chi connectivity index (χ4v) is 2.14. The van der Waals surface area contributed by atoms with Crippen LogP contribution >= 0.6 is 0 Å². The molecule has 0 unspecified atom stereocenters. The van der Waals surface area contributed by atoms with E-state index in [0.29, 0.717) is 17.2 Å². The standard InChI is InChI=1S/C14H17N3O3/c1-9-16-11-5-10(3-4-12(11)20-9)17-13(18)6-19-14(2)7-15-8-14/h3-5,15H,6-8H2,1-2H3,(H,17,18). The van der Waals surface area contributed by atoms with Crippen molar-refractivity contribution in [3.8, 4) is 0 Å². The van der Waals surface area contributed by atoms with Gasteiger partial charge in [-0.15, -0.1) is 0 Å². The lowest BCUT2D eigenvalue weighted by Gasteiger charge is -2.38. The van der Waals surface area contributed by atoms with E-state index in [0.717, 1.165) is 18.6 Å². The van der Waals surface area contributed by atoms with Gasteiger partial charge in [-0.05, 0) is 25.1 Å². The minimum Gasteiger partial charge on any atom is -0.441 e. The number of anilines is 1. The van der Waals surface area contributed by atoms with Gasteiger partial charge in [-0.3, -0.25) is 4.79 Å². The van der Waals surface area contributed by atoms with Gasteiger partial charge < -0.3 is 19.8 Å². The molecule has 0 spiro atoms. The predicted molar refractivity (Wildman–Crippen MR) is 74.6 cm³/mol. The van der Waals surface area contributed by atoms with Crippen LogP contribution in [0.4, 0.5) is 5.69 Å². The van der Waals surface area contributed by atoms with Crippen LogP contribution in [0.3, 0.4) is 0 Å². The number of amides is 1. The van der Waals surface area contributed by atoms with Gasteiger partial charge in [0.2, 0.25) is 5.91 Å².